The number of nitrogens with one attached hydrogen (secondary N) is 1. The van der Waals surface area contributed by atoms with Gasteiger partial charge in [0.1, 0.15) is 6.04 Å². The fraction of sp³-hybridized carbons (Fsp3) is 0.889. The SMILES string of the molecule is CC.CCN(C(=O)C(NC(=O)OC)C(C)C)C1CCCCC1C. The van der Waals surface area contributed by atoms with E-state index in [1.807, 2.05) is 39.5 Å². The van der Waals surface area contributed by atoms with E-state index in [2.05, 4.69) is 17.0 Å². The van der Waals surface area contributed by atoms with E-state index in [1.165, 1.54) is 26.4 Å². The molecular formula is C18H36N2O3. The van der Waals surface area contributed by atoms with Crippen molar-refractivity contribution < 1.29 is 14.3 Å². The van der Waals surface area contributed by atoms with Crippen LogP contribution in [-0.4, -0.2) is 42.6 Å². The third-order valence-electron chi connectivity index (χ3n) is 4.48. The van der Waals surface area contributed by atoms with Crippen molar-refractivity contribution in [1.29, 1.82) is 0 Å². The molecule has 3 atom stereocenters. The standard InChI is InChI=1S/C16H30N2O3.C2H6/c1-6-18(13-10-8-7-9-12(13)4)15(19)14(11(2)3)17-16(20)21-5;1-2/h11-14H,6-10H2,1-5H3,(H,17,20);1-2H3. The number of amides is 2. The van der Waals surface area contributed by atoms with Gasteiger partial charge in [0.2, 0.25) is 5.91 Å². The van der Waals surface area contributed by atoms with E-state index in [0.717, 1.165) is 6.42 Å². The molecule has 0 aromatic heterocycles. The van der Waals surface area contributed by atoms with Gasteiger partial charge >= 0.3 is 6.09 Å². The Labute approximate surface area is 142 Å². The van der Waals surface area contributed by atoms with Gasteiger partial charge in [0, 0.05) is 12.6 Å². The van der Waals surface area contributed by atoms with E-state index in [9.17, 15) is 9.59 Å². The lowest BCUT2D eigenvalue weighted by atomic mass is 9.84. The molecule has 1 N–H and O–H groups in total. The first-order valence-corrected chi connectivity index (χ1v) is 9.07. The molecule has 1 rings (SSSR count). The van der Waals surface area contributed by atoms with E-state index >= 15 is 0 Å². The van der Waals surface area contributed by atoms with Crippen LogP contribution in [0.15, 0.2) is 0 Å². The second-order valence-corrected chi connectivity index (χ2v) is 6.31. The Hall–Kier alpha value is -1.26. The van der Waals surface area contributed by atoms with Gasteiger partial charge in [0.05, 0.1) is 7.11 Å². The number of carbonyl (C=O) groups is 2. The highest BCUT2D eigenvalue weighted by molar-refractivity contribution is 5.86. The molecule has 0 aliphatic heterocycles. The average molecular weight is 328 g/mol. The van der Waals surface area contributed by atoms with Crippen molar-refractivity contribution in [2.45, 2.75) is 79.3 Å². The largest absolute Gasteiger partial charge is 0.453 e. The summed E-state index contributed by atoms with van der Waals surface area (Å²) in [4.78, 5) is 26.3. The first-order valence-electron chi connectivity index (χ1n) is 9.07. The van der Waals surface area contributed by atoms with Crippen LogP contribution in [0.4, 0.5) is 4.79 Å². The second-order valence-electron chi connectivity index (χ2n) is 6.31. The average Bonchev–Trinajstić information content (AvgIpc) is 2.56. The monoisotopic (exact) mass is 328 g/mol. The molecule has 2 amide bonds. The Kier molecular flexibility index (Phi) is 10.7. The number of carbonyl (C=O) groups excluding carboxylic acids is 2. The molecule has 0 spiro atoms. The number of rotatable bonds is 5. The molecule has 5 heteroatoms. The quantitative estimate of drug-likeness (QED) is 0.834. The number of hydrogen-bond acceptors (Lipinski definition) is 3. The lowest BCUT2D eigenvalue weighted by Gasteiger charge is -2.40. The van der Waals surface area contributed by atoms with E-state index in [4.69, 9.17) is 0 Å². The van der Waals surface area contributed by atoms with Gasteiger partial charge in [-0.3, -0.25) is 4.79 Å². The van der Waals surface area contributed by atoms with Gasteiger partial charge in [-0.1, -0.05) is 47.5 Å². The fourth-order valence-electron chi connectivity index (χ4n) is 3.19. The second kappa shape index (κ2) is 11.3. The Balaban J connectivity index is 0.00000232. The summed E-state index contributed by atoms with van der Waals surface area (Å²) in [6.07, 6.45) is 4.11. The van der Waals surface area contributed by atoms with Crippen molar-refractivity contribution in [3.05, 3.63) is 0 Å². The van der Waals surface area contributed by atoms with Crippen LogP contribution in [0.3, 0.4) is 0 Å². The van der Waals surface area contributed by atoms with Crippen molar-refractivity contribution in [2.24, 2.45) is 11.8 Å². The van der Waals surface area contributed by atoms with Gasteiger partial charge in [0.25, 0.3) is 0 Å². The molecule has 1 fully saturated rings. The van der Waals surface area contributed by atoms with Crippen molar-refractivity contribution in [2.75, 3.05) is 13.7 Å². The molecule has 136 valence electrons. The number of nitrogens with zero attached hydrogens (tertiary/aromatic N) is 1. The van der Waals surface area contributed by atoms with Crippen molar-refractivity contribution in [3.63, 3.8) is 0 Å². The minimum absolute atomic E-state index is 0.0108. The highest BCUT2D eigenvalue weighted by atomic mass is 16.5. The van der Waals surface area contributed by atoms with Crippen LogP contribution < -0.4 is 5.32 Å². The molecule has 0 saturated heterocycles. The number of likely N-dealkylation sites (N-methyl/N-ethyl adjacent to an activating group) is 1. The maximum absolute atomic E-state index is 12.9. The van der Waals surface area contributed by atoms with Crippen LogP contribution in [0, 0.1) is 11.8 Å². The molecule has 3 unspecified atom stereocenters. The zero-order valence-electron chi connectivity index (χ0n) is 16.0. The summed E-state index contributed by atoms with van der Waals surface area (Å²) in [5.41, 5.74) is 0. The molecule has 0 aromatic carbocycles. The van der Waals surface area contributed by atoms with Crippen LogP contribution in [0.5, 0.6) is 0 Å². The summed E-state index contributed by atoms with van der Waals surface area (Å²) in [6.45, 7) is 12.8. The summed E-state index contributed by atoms with van der Waals surface area (Å²) in [6, 6.07) is -0.233. The van der Waals surface area contributed by atoms with Gasteiger partial charge in [-0.15, -0.1) is 0 Å². The molecule has 0 bridgehead atoms. The van der Waals surface area contributed by atoms with Crippen molar-refractivity contribution in [3.8, 4) is 0 Å². The Bertz CT molecular complexity index is 358. The summed E-state index contributed by atoms with van der Waals surface area (Å²) in [5.74, 6) is 0.565. The first-order chi connectivity index (χ1) is 10.9. The predicted molar refractivity (Wildman–Crippen MR) is 94.3 cm³/mol. The molecule has 1 aliphatic carbocycles. The summed E-state index contributed by atoms with van der Waals surface area (Å²) in [7, 11) is 1.32. The van der Waals surface area contributed by atoms with Gasteiger partial charge in [-0.05, 0) is 31.6 Å². The number of ether oxygens (including phenoxy) is 1. The van der Waals surface area contributed by atoms with Crippen LogP contribution in [-0.2, 0) is 9.53 Å². The van der Waals surface area contributed by atoms with E-state index in [1.54, 1.807) is 0 Å². The molecule has 0 heterocycles. The summed E-state index contributed by atoms with van der Waals surface area (Å²) in [5, 5.41) is 2.68. The van der Waals surface area contributed by atoms with Gasteiger partial charge < -0.3 is 15.0 Å². The lowest BCUT2D eigenvalue weighted by Crippen LogP contribution is -2.55. The highest BCUT2D eigenvalue weighted by Crippen LogP contribution is 2.28. The van der Waals surface area contributed by atoms with Crippen LogP contribution >= 0.6 is 0 Å². The van der Waals surface area contributed by atoms with E-state index in [-0.39, 0.29) is 17.9 Å². The maximum Gasteiger partial charge on any atom is 0.407 e. The Morgan fingerprint density at radius 2 is 1.78 bits per heavy atom. The molecule has 0 aromatic rings. The van der Waals surface area contributed by atoms with E-state index in [0.29, 0.717) is 12.5 Å². The third-order valence-corrected chi connectivity index (χ3v) is 4.48. The minimum Gasteiger partial charge on any atom is -0.453 e. The summed E-state index contributed by atoms with van der Waals surface area (Å²) >= 11 is 0. The van der Waals surface area contributed by atoms with Crippen LogP contribution in [0.25, 0.3) is 0 Å². The summed E-state index contributed by atoms with van der Waals surface area (Å²) < 4.78 is 4.64. The molecular weight excluding hydrogens is 292 g/mol. The molecule has 23 heavy (non-hydrogen) atoms. The minimum atomic E-state index is -0.546. The molecule has 1 aliphatic rings. The highest BCUT2D eigenvalue weighted by Gasteiger charge is 2.35. The zero-order chi connectivity index (χ0) is 18.0. The number of alkyl carbamates (subject to hydrolysis) is 1. The van der Waals surface area contributed by atoms with Gasteiger partial charge in [-0.25, -0.2) is 4.79 Å². The fourth-order valence-corrected chi connectivity index (χ4v) is 3.19. The van der Waals surface area contributed by atoms with Crippen LogP contribution in [0.1, 0.15) is 67.2 Å². The number of hydrogen-bond donors (Lipinski definition) is 1. The lowest BCUT2D eigenvalue weighted by molar-refractivity contribution is -0.138. The number of methoxy groups -OCH3 is 1. The van der Waals surface area contributed by atoms with Gasteiger partial charge in [-0.2, -0.15) is 0 Å². The van der Waals surface area contributed by atoms with Crippen molar-refractivity contribution >= 4 is 12.0 Å². The molecule has 1 saturated carbocycles. The Morgan fingerprint density at radius 1 is 1.22 bits per heavy atom. The molecule has 0 radical (unpaired) electrons. The Morgan fingerprint density at radius 3 is 2.22 bits per heavy atom. The normalized spacial score (nSPS) is 21.7. The maximum atomic E-state index is 12.9. The van der Waals surface area contributed by atoms with Gasteiger partial charge in [0.15, 0.2) is 0 Å². The first kappa shape index (κ1) is 21.7. The predicted octanol–water partition coefficient (Wildman–Crippen LogP) is 3.82. The topological polar surface area (TPSA) is 58.6 Å². The zero-order valence-corrected chi connectivity index (χ0v) is 16.0. The molecule has 5 nitrogen and oxygen atoms in total. The third kappa shape index (κ3) is 6.40. The smallest absolute Gasteiger partial charge is 0.407 e. The van der Waals surface area contributed by atoms with E-state index < -0.39 is 12.1 Å². The van der Waals surface area contributed by atoms with Crippen molar-refractivity contribution in [1.82, 2.24) is 10.2 Å². The van der Waals surface area contributed by atoms with Crippen LogP contribution in [0.2, 0.25) is 0 Å².